The summed E-state index contributed by atoms with van der Waals surface area (Å²) < 4.78 is 11.1. The molecule has 0 unspecified atom stereocenters. The number of amides is 1. The minimum Gasteiger partial charge on any atom is -0.444 e. The Hall–Kier alpha value is -0.850. The standard InChI is InChI=1S/C18H36N2O4/c1-13(9-15(3)21)11-19-14(2)10-16-12-23-8-7-20(16)17(22)24-18(4,5)6/h13-16,19,21H,7-12H2,1-6H3/t13-,14-,15-,16-/m0/s1. The highest BCUT2D eigenvalue weighted by atomic mass is 16.6. The fourth-order valence-corrected chi connectivity index (χ4v) is 2.97. The van der Waals surface area contributed by atoms with Crippen LogP contribution in [0, 0.1) is 5.92 Å². The molecule has 142 valence electrons. The molecule has 1 rings (SSSR count). The number of ether oxygens (including phenoxy) is 2. The number of carbonyl (C=O) groups excluding carboxylic acids is 1. The number of aliphatic hydroxyl groups is 1. The van der Waals surface area contributed by atoms with Crippen molar-refractivity contribution in [3.8, 4) is 0 Å². The van der Waals surface area contributed by atoms with Gasteiger partial charge in [-0.05, 0) is 59.9 Å². The van der Waals surface area contributed by atoms with E-state index in [9.17, 15) is 9.90 Å². The van der Waals surface area contributed by atoms with Crippen molar-refractivity contribution in [1.29, 1.82) is 0 Å². The molecule has 4 atom stereocenters. The maximum Gasteiger partial charge on any atom is 0.410 e. The van der Waals surface area contributed by atoms with Crippen molar-refractivity contribution in [1.82, 2.24) is 10.2 Å². The van der Waals surface area contributed by atoms with E-state index in [1.54, 1.807) is 4.90 Å². The fourth-order valence-electron chi connectivity index (χ4n) is 2.97. The molecular formula is C18H36N2O4. The first-order valence-corrected chi connectivity index (χ1v) is 9.07. The van der Waals surface area contributed by atoms with Crippen molar-refractivity contribution in [2.75, 3.05) is 26.3 Å². The Morgan fingerprint density at radius 1 is 1.38 bits per heavy atom. The van der Waals surface area contributed by atoms with E-state index < -0.39 is 5.60 Å². The van der Waals surface area contributed by atoms with Crippen molar-refractivity contribution in [3.63, 3.8) is 0 Å². The van der Waals surface area contributed by atoms with Gasteiger partial charge in [0, 0.05) is 12.6 Å². The normalized spacial score (nSPS) is 22.8. The summed E-state index contributed by atoms with van der Waals surface area (Å²) in [7, 11) is 0. The zero-order valence-corrected chi connectivity index (χ0v) is 16.2. The Morgan fingerprint density at radius 3 is 2.62 bits per heavy atom. The molecule has 0 aliphatic carbocycles. The van der Waals surface area contributed by atoms with Crippen LogP contribution in [0.1, 0.15) is 54.4 Å². The van der Waals surface area contributed by atoms with Crippen LogP contribution < -0.4 is 5.32 Å². The van der Waals surface area contributed by atoms with Crippen LogP contribution >= 0.6 is 0 Å². The molecule has 0 spiro atoms. The molecule has 0 aromatic carbocycles. The van der Waals surface area contributed by atoms with E-state index in [-0.39, 0.29) is 24.3 Å². The minimum absolute atomic E-state index is 0.0307. The molecule has 1 fully saturated rings. The lowest BCUT2D eigenvalue weighted by atomic mass is 10.0. The Morgan fingerprint density at radius 2 is 2.04 bits per heavy atom. The van der Waals surface area contributed by atoms with Crippen molar-refractivity contribution in [2.24, 2.45) is 5.92 Å². The summed E-state index contributed by atoms with van der Waals surface area (Å²) in [6, 6.07) is 0.293. The first-order valence-electron chi connectivity index (χ1n) is 9.07. The van der Waals surface area contributed by atoms with Gasteiger partial charge < -0.3 is 24.8 Å². The lowest BCUT2D eigenvalue weighted by molar-refractivity contribution is -0.0356. The van der Waals surface area contributed by atoms with Gasteiger partial charge in [0.25, 0.3) is 0 Å². The monoisotopic (exact) mass is 344 g/mol. The average molecular weight is 344 g/mol. The largest absolute Gasteiger partial charge is 0.444 e. The summed E-state index contributed by atoms with van der Waals surface area (Å²) >= 11 is 0. The van der Waals surface area contributed by atoms with Crippen LogP contribution in [0.4, 0.5) is 4.79 Å². The van der Waals surface area contributed by atoms with Crippen LogP contribution in [0.25, 0.3) is 0 Å². The third-order valence-corrected chi connectivity index (χ3v) is 4.04. The summed E-state index contributed by atoms with van der Waals surface area (Å²) in [4.78, 5) is 14.2. The van der Waals surface area contributed by atoms with E-state index in [0.717, 1.165) is 19.4 Å². The van der Waals surface area contributed by atoms with Gasteiger partial charge in [-0.3, -0.25) is 0 Å². The summed E-state index contributed by atoms with van der Waals surface area (Å²) in [5.41, 5.74) is -0.486. The summed E-state index contributed by atoms with van der Waals surface area (Å²) in [6.45, 7) is 14.3. The molecule has 0 bridgehead atoms. The van der Waals surface area contributed by atoms with Crippen LogP contribution in [0.5, 0.6) is 0 Å². The second-order valence-electron chi connectivity index (χ2n) is 8.14. The van der Waals surface area contributed by atoms with Crippen LogP contribution in [-0.2, 0) is 9.47 Å². The zero-order chi connectivity index (χ0) is 18.3. The third kappa shape index (κ3) is 8.31. The maximum absolute atomic E-state index is 12.4. The van der Waals surface area contributed by atoms with Gasteiger partial charge in [-0.1, -0.05) is 6.92 Å². The fraction of sp³-hybridized carbons (Fsp3) is 0.944. The molecule has 0 aromatic heterocycles. The number of rotatable bonds is 7. The van der Waals surface area contributed by atoms with E-state index >= 15 is 0 Å². The number of hydrogen-bond donors (Lipinski definition) is 2. The maximum atomic E-state index is 12.4. The lowest BCUT2D eigenvalue weighted by Crippen LogP contribution is -2.52. The Labute approximate surface area is 146 Å². The second kappa shape index (κ2) is 9.59. The van der Waals surface area contributed by atoms with E-state index in [2.05, 4.69) is 19.2 Å². The number of carbonyl (C=O) groups is 1. The minimum atomic E-state index is -0.486. The summed E-state index contributed by atoms with van der Waals surface area (Å²) in [6.07, 6.45) is 1.08. The van der Waals surface area contributed by atoms with Gasteiger partial charge in [0.2, 0.25) is 0 Å². The predicted molar refractivity (Wildman–Crippen MR) is 95.1 cm³/mol. The Bertz CT molecular complexity index is 382. The molecule has 1 amide bonds. The van der Waals surface area contributed by atoms with Gasteiger partial charge in [0.15, 0.2) is 0 Å². The third-order valence-electron chi connectivity index (χ3n) is 4.04. The zero-order valence-electron chi connectivity index (χ0n) is 16.2. The van der Waals surface area contributed by atoms with Crippen molar-refractivity contribution in [2.45, 2.75) is 78.2 Å². The van der Waals surface area contributed by atoms with Gasteiger partial charge in [0.1, 0.15) is 5.60 Å². The van der Waals surface area contributed by atoms with Crippen molar-refractivity contribution >= 4 is 6.09 Å². The number of nitrogens with one attached hydrogen (secondary N) is 1. The van der Waals surface area contributed by atoms with Crippen LogP contribution in [0.3, 0.4) is 0 Å². The number of morpholine rings is 1. The lowest BCUT2D eigenvalue weighted by Gasteiger charge is -2.38. The molecule has 1 aliphatic rings. The molecule has 0 radical (unpaired) electrons. The molecule has 6 heteroatoms. The van der Waals surface area contributed by atoms with E-state index in [1.165, 1.54) is 0 Å². The van der Waals surface area contributed by atoms with E-state index in [1.807, 2.05) is 27.7 Å². The van der Waals surface area contributed by atoms with Crippen molar-refractivity contribution < 1.29 is 19.4 Å². The smallest absolute Gasteiger partial charge is 0.410 e. The van der Waals surface area contributed by atoms with Crippen LogP contribution in [0.15, 0.2) is 0 Å². The topological polar surface area (TPSA) is 71.0 Å². The van der Waals surface area contributed by atoms with Crippen LogP contribution in [-0.4, -0.2) is 66.2 Å². The predicted octanol–water partition coefficient (Wildman–Crippen LogP) is 2.40. The van der Waals surface area contributed by atoms with E-state index in [4.69, 9.17) is 9.47 Å². The van der Waals surface area contributed by atoms with Gasteiger partial charge in [-0.25, -0.2) is 4.79 Å². The Balaban J connectivity index is 2.48. The molecule has 6 nitrogen and oxygen atoms in total. The molecule has 24 heavy (non-hydrogen) atoms. The highest BCUT2D eigenvalue weighted by molar-refractivity contribution is 5.68. The van der Waals surface area contributed by atoms with Gasteiger partial charge in [-0.2, -0.15) is 0 Å². The number of aliphatic hydroxyl groups excluding tert-OH is 1. The van der Waals surface area contributed by atoms with Crippen LogP contribution in [0.2, 0.25) is 0 Å². The molecule has 2 N–H and O–H groups in total. The molecule has 0 aromatic rings. The molecule has 0 saturated carbocycles. The highest BCUT2D eigenvalue weighted by Gasteiger charge is 2.31. The number of hydrogen-bond acceptors (Lipinski definition) is 5. The quantitative estimate of drug-likeness (QED) is 0.742. The highest BCUT2D eigenvalue weighted by Crippen LogP contribution is 2.18. The van der Waals surface area contributed by atoms with Gasteiger partial charge in [-0.15, -0.1) is 0 Å². The van der Waals surface area contributed by atoms with Crippen molar-refractivity contribution in [3.05, 3.63) is 0 Å². The second-order valence-corrected chi connectivity index (χ2v) is 8.14. The van der Waals surface area contributed by atoms with Gasteiger partial charge >= 0.3 is 6.09 Å². The molecule has 1 heterocycles. The SMILES string of the molecule is C[C@H](CN[C@@H](C)C[C@H]1COCCN1C(=O)OC(C)(C)C)C[C@H](C)O. The summed E-state index contributed by atoms with van der Waals surface area (Å²) in [5.74, 6) is 0.414. The first kappa shape index (κ1) is 21.2. The van der Waals surface area contributed by atoms with Gasteiger partial charge in [0.05, 0.1) is 25.4 Å². The summed E-state index contributed by atoms with van der Waals surface area (Å²) in [5, 5.41) is 12.9. The molecular weight excluding hydrogens is 308 g/mol. The molecule has 1 saturated heterocycles. The first-order chi connectivity index (χ1) is 11.1. The number of nitrogens with zero attached hydrogens (tertiary/aromatic N) is 1. The van der Waals surface area contributed by atoms with E-state index in [0.29, 0.717) is 25.7 Å². The average Bonchev–Trinajstić information content (AvgIpc) is 2.43. The molecule has 1 aliphatic heterocycles. The Kier molecular flexibility index (Phi) is 8.46.